The van der Waals surface area contributed by atoms with E-state index in [0.717, 1.165) is 12.0 Å². The van der Waals surface area contributed by atoms with Crippen LogP contribution in [0.4, 0.5) is 0 Å². The fraction of sp³-hybridized carbons (Fsp3) is 0.143. The molecule has 2 rings (SSSR count). The van der Waals surface area contributed by atoms with E-state index in [0.29, 0.717) is 5.56 Å². The number of rotatable bonds is 3. The van der Waals surface area contributed by atoms with E-state index < -0.39 is 0 Å². The van der Waals surface area contributed by atoms with Gasteiger partial charge in [-0.3, -0.25) is 9.78 Å². The van der Waals surface area contributed by atoms with E-state index in [1.54, 1.807) is 18.3 Å². The number of hydrogen-bond donors (Lipinski definition) is 0. The minimum atomic E-state index is 0.141. The molecule has 2 nitrogen and oxygen atoms in total. The predicted molar refractivity (Wildman–Crippen MR) is 63.6 cm³/mol. The smallest absolute Gasteiger partial charge is 0.151 e. The summed E-state index contributed by atoms with van der Waals surface area (Å²) >= 11 is 0. The van der Waals surface area contributed by atoms with Crippen LogP contribution in [0.15, 0.2) is 48.7 Å². The lowest BCUT2D eigenvalue weighted by Gasteiger charge is -2.12. The Balaban J connectivity index is 2.41. The maximum atomic E-state index is 10.9. The summed E-state index contributed by atoms with van der Waals surface area (Å²) in [5.74, 6) is 0.141. The van der Waals surface area contributed by atoms with Crippen molar-refractivity contribution in [3.63, 3.8) is 0 Å². The summed E-state index contributed by atoms with van der Waals surface area (Å²) in [6.45, 7) is 2.06. The van der Waals surface area contributed by atoms with Gasteiger partial charge in [-0.25, -0.2) is 0 Å². The summed E-state index contributed by atoms with van der Waals surface area (Å²) in [5.41, 5.74) is 2.67. The van der Waals surface area contributed by atoms with Gasteiger partial charge in [0.05, 0.1) is 5.69 Å². The second-order valence-electron chi connectivity index (χ2n) is 3.73. The van der Waals surface area contributed by atoms with Gasteiger partial charge in [0.2, 0.25) is 0 Å². The van der Waals surface area contributed by atoms with Crippen molar-refractivity contribution in [3.8, 4) is 0 Å². The van der Waals surface area contributed by atoms with Crippen molar-refractivity contribution in [2.45, 2.75) is 12.8 Å². The molecule has 1 aromatic carbocycles. The highest BCUT2D eigenvalue weighted by Crippen LogP contribution is 2.23. The van der Waals surface area contributed by atoms with E-state index in [1.807, 2.05) is 30.3 Å². The quantitative estimate of drug-likeness (QED) is 0.730. The minimum Gasteiger partial charge on any atom is -0.298 e. The average molecular weight is 211 g/mol. The Morgan fingerprint density at radius 1 is 1.12 bits per heavy atom. The molecule has 0 aliphatic rings. The van der Waals surface area contributed by atoms with Crippen molar-refractivity contribution in [1.82, 2.24) is 4.98 Å². The van der Waals surface area contributed by atoms with Crippen molar-refractivity contribution < 1.29 is 4.79 Å². The third-order valence-electron chi connectivity index (χ3n) is 2.71. The molecule has 80 valence electrons. The van der Waals surface area contributed by atoms with E-state index >= 15 is 0 Å². The molecule has 0 saturated carbocycles. The largest absolute Gasteiger partial charge is 0.298 e. The first-order valence-corrected chi connectivity index (χ1v) is 5.28. The Morgan fingerprint density at radius 2 is 1.88 bits per heavy atom. The number of pyridine rings is 1. The third kappa shape index (κ3) is 2.01. The minimum absolute atomic E-state index is 0.141. The summed E-state index contributed by atoms with van der Waals surface area (Å²) in [5, 5.41) is 0. The van der Waals surface area contributed by atoms with Gasteiger partial charge in [0.25, 0.3) is 0 Å². The summed E-state index contributed by atoms with van der Waals surface area (Å²) in [4.78, 5) is 15.2. The van der Waals surface area contributed by atoms with Gasteiger partial charge in [-0.2, -0.15) is 0 Å². The van der Waals surface area contributed by atoms with Crippen LogP contribution in [0.2, 0.25) is 0 Å². The van der Waals surface area contributed by atoms with Gasteiger partial charge in [-0.1, -0.05) is 37.3 Å². The molecule has 2 aromatic rings. The highest BCUT2D eigenvalue weighted by atomic mass is 16.1. The first-order chi connectivity index (χ1) is 7.83. The van der Waals surface area contributed by atoms with Crippen molar-refractivity contribution in [1.29, 1.82) is 0 Å². The van der Waals surface area contributed by atoms with Crippen LogP contribution in [-0.2, 0) is 0 Å². The highest BCUT2D eigenvalue weighted by molar-refractivity contribution is 5.76. The topological polar surface area (TPSA) is 30.0 Å². The van der Waals surface area contributed by atoms with Gasteiger partial charge in [-0.05, 0) is 17.7 Å². The molecule has 1 aromatic heterocycles. The zero-order valence-electron chi connectivity index (χ0n) is 9.13. The molecular weight excluding hydrogens is 198 g/mol. The van der Waals surface area contributed by atoms with Crippen LogP contribution >= 0.6 is 0 Å². The number of nitrogens with zero attached hydrogens (tertiary/aromatic N) is 1. The molecule has 16 heavy (non-hydrogen) atoms. The van der Waals surface area contributed by atoms with Crippen LogP contribution < -0.4 is 0 Å². The van der Waals surface area contributed by atoms with Gasteiger partial charge >= 0.3 is 0 Å². The molecule has 0 bridgehead atoms. The van der Waals surface area contributed by atoms with Crippen LogP contribution in [0.1, 0.15) is 34.5 Å². The lowest BCUT2D eigenvalue weighted by Crippen LogP contribution is -2.03. The molecule has 0 saturated heterocycles. The highest BCUT2D eigenvalue weighted by Gasteiger charge is 2.12. The summed E-state index contributed by atoms with van der Waals surface area (Å²) < 4.78 is 0. The number of carbonyl (C=O) groups is 1. The van der Waals surface area contributed by atoms with E-state index in [1.165, 1.54) is 5.56 Å². The lowest BCUT2D eigenvalue weighted by molar-refractivity contribution is 0.112. The van der Waals surface area contributed by atoms with E-state index in [2.05, 4.69) is 11.9 Å². The van der Waals surface area contributed by atoms with Crippen molar-refractivity contribution in [3.05, 3.63) is 65.5 Å². The standard InChI is InChI=1S/C14H13NO/c1-11(12-6-3-2-4-7-12)14-13(10-16)8-5-9-15-14/h2-11H,1H3. The molecule has 0 aliphatic carbocycles. The summed E-state index contributed by atoms with van der Waals surface area (Å²) in [6, 6.07) is 13.7. The Kier molecular flexibility index (Phi) is 3.10. The second-order valence-corrected chi connectivity index (χ2v) is 3.73. The molecule has 0 radical (unpaired) electrons. The maximum Gasteiger partial charge on any atom is 0.151 e. The zero-order chi connectivity index (χ0) is 11.4. The fourth-order valence-electron chi connectivity index (χ4n) is 1.79. The van der Waals surface area contributed by atoms with Crippen molar-refractivity contribution in [2.75, 3.05) is 0 Å². The molecule has 1 atom stereocenters. The van der Waals surface area contributed by atoms with E-state index in [9.17, 15) is 4.79 Å². The Hall–Kier alpha value is -1.96. The van der Waals surface area contributed by atoms with E-state index in [-0.39, 0.29) is 5.92 Å². The molecule has 1 unspecified atom stereocenters. The molecule has 1 heterocycles. The molecule has 0 aliphatic heterocycles. The van der Waals surface area contributed by atoms with E-state index in [4.69, 9.17) is 0 Å². The number of benzene rings is 1. The van der Waals surface area contributed by atoms with Crippen LogP contribution in [0.3, 0.4) is 0 Å². The molecule has 0 amide bonds. The number of carbonyl (C=O) groups excluding carboxylic acids is 1. The molecule has 0 N–H and O–H groups in total. The Morgan fingerprint density at radius 3 is 2.56 bits per heavy atom. The van der Waals surface area contributed by atoms with Crippen molar-refractivity contribution >= 4 is 6.29 Å². The molecule has 0 spiro atoms. The van der Waals surface area contributed by atoms with Crippen LogP contribution in [-0.4, -0.2) is 11.3 Å². The first kappa shape index (κ1) is 10.6. The predicted octanol–water partition coefficient (Wildman–Crippen LogP) is 3.05. The molecule has 0 fully saturated rings. The van der Waals surface area contributed by atoms with Gasteiger partial charge in [0, 0.05) is 17.7 Å². The van der Waals surface area contributed by atoms with Crippen LogP contribution in [0.5, 0.6) is 0 Å². The summed E-state index contributed by atoms with van der Waals surface area (Å²) in [6.07, 6.45) is 2.59. The zero-order valence-corrected chi connectivity index (χ0v) is 9.13. The number of aldehydes is 1. The average Bonchev–Trinajstić information content (AvgIpc) is 2.39. The molecule has 2 heteroatoms. The normalized spacial score (nSPS) is 12.1. The second kappa shape index (κ2) is 4.71. The van der Waals surface area contributed by atoms with Gasteiger partial charge in [0.15, 0.2) is 6.29 Å². The summed E-state index contributed by atoms with van der Waals surface area (Å²) in [7, 11) is 0. The van der Waals surface area contributed by atoms with Crippen molar-refractivity contribution in [2.24, 2.45) is 0 Å². The van der Waals surface area contributed by atoms with Gasteiger partial charge in [-0.15, -0.1) is 0 Å². The maximum absolute atomic E-state index is 10.9. The van der Waals surface area contributed by atoms with Gasteiger partial charge < -0.3 is 0 Å². The first-order valence-electron chi connectivity index (χ1n) is 5.28. The Bertz CT molecular complexity index is 479. The SMILES string of the molecule is CC(c1ccccc1)c1ncccc1C=O. The lowest BCUT2D eigenvalue weighted by atomic mass is 9.94. The molecular formula is C14H13NO. The fourth-order valence-corrected chi connectivity index (χ4v) is 1.79. The Labute approximate surface area is 95.0 Å². The number of aromatic nitrogens is 1. The van der Waals surface area contributed by atoms with Crippen LogP contribution in [0.25, 0.3) is 0 Å². The van der Waals surface area contributed by atoms with Gasteiger partial charge in [0.1, 0.15) is 0 Å². The third-order valence-corrected chi connectivity index (χ3v) is 2.71. The monoisotopic (exact) mass is 211 g/mol. The number of hydrogen-bond acceptors (Lipinski definition) is 2. The van der Waals surface area contributed by atoms with Crippen LogP contribution in [0, 0.1) is 0 Å².